The van der Waals surface area contributed by atoms with Gasteiger partial charge in [0, 0.05) is 41.9 Å². The maximum Gasteiger partial charge on any atom is 0.0491 e. The lowest BCUT2D eigenvalue weighted by Gasteiger charge is -2.19. The van der Waals surface area contributed by atoms with Crippen molar-refractivity contribution in [2.45, 2.75) is 5.92 Å². The van der Waals surface area contributed by atoms with Crippen molar-refractivity contribution < 1.29 is 0 Å². The minimum absolute atomic E-state index is 0.135. The molecule has 0 bridgehead atoms. The molecule has 1 aromatic heterocycles. The molecule has 1 N–H and O–H groups in total. The number of H-pyrrole nitrogens is 1. The molecule has 4 rings (SSSR count). The van der Waals surface area contributed by atoms with E-state index in [0.717, 1.165) is 10.5 Å². The fraction of sp³-hybridized carbons (Fsp3) is 0.130. The maximum atomic E-state index is 6.11. The van der Waals surface area contributed by atoms with Gasteiger partial charge in [-0.05, 0) is 52.9 Å². The number of nitrogens with zero attached hydrogens (tertiary/aromatic N) is 1. The summed E-state index contributed by atoms with van der Waals surface area (Å²) in [6.45, 7) is 0. The molecule has 26 heavy (non-hydrogen) atoms. The van der Waals surface area contributed by atoms with Gasteiger partial charge in [-0.25, -0.2) is 0 Å². The van der Waals surface area contributed by atoms with Crippen molar-refractivity contribution in [1.82, 2.24) is 4.98 Å². The molecule has 0 aliphatic heterocycles. The molecule has 130 valence electrons. The van der Waals surface area contributed by atoms with Crippen molar-refractivity contribution >= 4 is 28.2 Å². The Hall–Kier alpha value is -2.71. The zero-order valence-electron chi connectivity index (χ0n) is 14.9. The fourth-order valence-corrected chi connectivity index (χ4v) is 3.55. The maximum absolute atomic E-state index is 6.11. The normalized spacial score (nSPS) is 12.3. The number of aromatic amines is 1. The number of nitrogens with one attached hydrogen (secondary N) is 1. The van der Waals surface area contributed by atoms with Gasteiger partial charge >= 0.3 is 0 Å². The van der Waals surface area contributed by atoms with E-state index >= 15 is 0 Å². The van der Waals surface area contributed by atoms with Crippen LogP contribution in [0.25, 0.3) is 10.9 Å². The number of aromatic nitrogens is 1. The molecule has 1 atom stereocenters. The zero-order chi connectivity index (χ0) is 18.1. The lowest BCUT2D eigenvalue weighted by Crippen LogP contribution is -2.09. The minimum Gasteiger partial charge on any atom is -0.378 e. The van der Waals surface area contributed by atoms with E-state index in [0.29, 0.717) is 0 Å². The number of para-hydroxylation sites is 1. The summed E-state index contributed by atoms with van der Waals surface area (Å²) >= 11 is 6.11. The van der Waals surface area contributed by atoms with Gasteiger partial charge in [-0.2, -0.15) is 0 Å². The number of hydrogen-bond donors (Lipinski definition) is 1. The summed E-state index contributed by atoms with van der Waals surface area (Å²) in [4.78, 5) is 5.72. The standard InChI is InChI=1S/C23H21ClN2/c1-26(2)20-13-9-17(10-14-20)23(16-7-11-19(24)12-8-16)22-15-18-5-3-4-6-21(18)25-22/h3-15,23,25H,1-2H3. The second kappa shape index (κ2) is 6.89. The molecule has 0 saturated carbocycles. The van der Waals surface area contributed by atoms with Crippen LogP contribution >= 0.6 is 11.6 Å². The topological polar surface area (TPSA) is 19.0 Å². The summed E-state index contributed by atoms with van der Waals surface area (Å²) in [5, 5.41) is 1.98. The predicted octanol–water partition coefficient (Wildman–Crippen LogP) is 6.07. The molecular weight excluding hydrogens is 340 g/mol. The fourth-order valence-electron chi connectivity index (χ4n) is 3.42. The number of fused-ring (bicyclic) bond motifs is 1. The molecule has 0 aliphatic carbocycles. The van der Waals surface area contributed by atoms with Crippen LogP contribution in [-0.2, 0) is 0 Å². The first-order chi connectivity index (χ1) is 12.6. The van der Waals surface area contributed by atoms with Crippen LogP contribution in [0, 0.1) is 0 Å². The van der Waals surface area contributed by atoms with E-state index in [4.69, 9.17) is 11.6 Å². The highest BCUT2D eigenvalue weighted by molar-refractivity contribution is 6.30. The van der Waals surface area contributed by atoms with Gasteiger partial charge in [0.1, 0.15) is 0 Å². The largest absolute Gasteiger partial charge is 0.378 e. The van der Waals surface area contributed by atoms with Crippen LogP contribution in [0.15, 0.2) is 78.9 Å². The Kier molecular flexibility index (Phi) is 4.44. The minimum atomic E-state index is 0.135. The second-order valence-corrected chi connectivity index (χ2v) is 7.22. The van der Waals surface area contributed by atoms with Crippen molar-refractivity contribution in [2.75, 3.05) is 19.0 Å². The lowest BCUT2D eigenvalue weighted by atomic mass is 9.88. The number of hydrogen-bond acceptors (Lipinski definition) is 1. The van der Waals surface area contributed by atoms with E-state index in [-0.39, 0.29) is 5.92 Å². The molecule has 0 radical (unpaired) electrons. The van der Waals surface area contributed by atoms with E-state index in [1.165, 1.54) is 27.9 Å². The van der Waals surface area contributed by atoms with Gasteiger partial charge in [0.05, 0.1) is 0 Å². The summed E-state index contributed by atoms with van der Waals surface area (Å²) in [7, 11) is 4.12. The van der Waals surface area contributed by atoms with Crippen LogP contribution in [0.2, 0.25) is 5.02 Å². The van der Waals surface area contributed by atoms with E-state index in [1.807, 2.05) is 12.1 Å². The number of anilines is 1. The molecule has 0 spiro atoms. The van der Waals surface area contributed by atoms with Crippen LogP contribution in [0.3, 0.4) is 0 Å². The monoisotopic (exact) mass is 360 g/mol. The van der Waals surface area contributed by atoms with Crippen molar-refractivity contribution in [3.63, 3.8) is 0 Å². The highest BCUT2D eigenvalue weighted by Gasteiger charge is 2.19. The van der Waals surface area contributed by atoms with Crippen LogP contribution < -0.4 is 4.90 Å². The molecule has 0 aliphatic rings. The molecule has 4 aromatic rings. The smallest absolute Gasteiger partial charge is 0.0491 e. The van der Waals surface area contributed by atoms with E-state index in [1.54, 1.807) is 0 Å². The van der Waals surface area contributed by atoms with E-state index in [9.17, 15) is 0 Å². The third kappa shape index (κ3) is 3.21. The number of halogens is 1. The number of benzene rings is 3. The van der Waals surface area contributed by atoms with Gasteiger partial charge < -0.3 is 9.88 Å². The van der Waals surface area contributed by atoms with Gasteiger partial charge in [0.15, 0.2) is 0 Å². The lowest BCUT2D eigenvalue weighted by molar-refractivity contribution is 0.938. The van der Waals surface area contributed by atoms with Crippen LogP contribution in [0.4, 0.5) is 5.69 Å². The Labute approximate surface area is 159 Å². The summed E-state index contributed by atoms with van der Waals surface area (Å²) in [5.41, 5.74) is 6.01. The van der Waals surface area contributed by atoms with Gasteiger partial charge in [0.25, 0.3) is 0 Å². The first-order valence-corrected chi connectivity index (χ1v) is 9.10. The van der Waals surface area contributed by atoms with Crippen molar-refractivity contribution in [2.24, 2.45) is 0 Å². The van der Waals surface area contributed by atoms with E-state index in [2.05, 4.69) is 90.7 Å². The quantitative estimate of drug-likeness (QED) is 0.468. The van der Waals surface area contributed by atoms with Crippen LogP contribution in [-0.4, -0.2) is 19.1 Å². The molecule has 0 amide bonds. The number of rotatable bonds is 4. The predicted molar refractivity (Wildman–Crippen MR) is 111 cm³/mol. The Balaban J connectivity index is 1.84. The Bertz CT molecular complexity index is 981. The highest BCUT2D eigenvalue weighted by Crippen LogP contribution is 2.34. The summed E-state index contributed by atoms with van der Waals surface area (Å²) < 4.78 is 0. The van der Waals surface area contributed by atoms with Gasteiger partial charge in [0.2, 0.25) is 0 Å². The average Bonchev–Trinajstić information content (AvgIpc) is 3.07. The molecule has 2 nitrogen and oxygen atoms in total. The third-order valence-corrected chi connectivity index (χ3v) is 5.06. The first-order valence-electron chi connectivity index (χ1n) is 8.72. The zero-order valence-corrected chi connectivity index (χ0v) is 15.7. The SMILES string of the molecule is CN(C)c1ccc(C(c2ccc(Cl)cc2)c2cc3ccccc3[nH]2)cc1. The summed E-state index contributed by atoms with van der Waals surface area (Å²) in [6.07, 6.45) is 0. The second-order valence-electron chi connectivity index (χ2n) is 6.78. The molecule has 1 heterocycles. The Morgan fingerprint density at radius 3 is 2.04 bits per heavy atom. The summed E-state index contributed by atoms with van der Waals surface area (Å²) in [5.74, 6) is 0.135. The molecular formula is C23H21ClN2. The molecule has 0 saturated heterocycles. The van der Waals surface area contributed by atoms with E-state index < -0.39 is 0 Å². The van der Waals surface area contributed by atoms with Gasteiger partial charge in [-0.3, -0.25) is 0 Å². The Morgan fingerprint density at radius 2 is 1.42 bits per heavy atom. The molecule has 3 heteroatoms. The van der Waals surface area contributed by atoms with Gasteiger partial charge in [-0.15, -0.1) is 0 Å². The highest BCUT2D eigenvalue weighted by atomic mass is 35.5. The average molecular weight is 361 g/mol. The first kappa shape index (κ1) is 16.7. The Morgan fingerprint density at radius 1 is 0.808 bits per heavy atom. The van der Waals surface area contributed by atoms with Crippen LogP contribution in [0.1, 0.15) is 22.7 Å². The van der Waals surface area contributed by atoms with Crippen molar-refractivity contribution in [3.8, 4) is 0 Å². The molecule has 3 aromatic carbocycles. The van der Waals surface area contributed by atoms with Crippen molar-refractivity contribution in [1.29, 1.82) is 0 Å². The van der Waals surface area contributed by atoms with Gasteiger partial charge in [-0.1, -0.05) is 54.1 Å². The summed E-state index contributed by atoms with van der Waals surface area (Å²) in [6, 6.07) is 27.5. The van der Waals surface area contributed by atoms with Crippen molar-refractivity contribution in [3.05, 3.63) is 101 Å². The molecule has 0 fully saturated rings. The third-order valence-electron chi connectivity index (χ3n) is 4.81. The molecule has 1 unspecified atom stereocenters. The van der Waals surface area contributed by atoms with Crippen LogP contribution in [0.5, 0.6) is 0 Å².